The first-order valence-corrected chi connectivity index (χ1v) is 11.0. The number of hydrogen-bond acceptors (Lipinski definition) is 4. The van der Waals surface area contributed by atoms with Gasteiger partial charge in [-0.05, 0) is 23.3 Å². The Labute approximate surface area is 188 Å². The van der Waals surface area contributed by atoms with Gasteiger partial charge >= 0.3 is 0 Å². The number of amides is 2. The summed E-state index contributed by atoms with van der Waals surface area (Å²) in [5, 5.41) is 5.96. The van der Waals surface area contributed by atoms with Gasteiger partial charge in [0.05, 0.1) is 18.2 Å². The fourth-order valence-electron chi connectivity index (χ4n) is 4.14. The second-order valence-corrected chi connectivity index (χ2v) is 7.98. The third kappa shape index (κ3) is 5.59. The van der Waals surface area contributed by atoms with Gasteiger partial charge in [0.2, 0.25) is 11.8 Å². The zero-order chi connectivity index (χ0) is 22.2. The average molecular weight is 429 g/mol. The summed E-state index contributed by atoms with van der Waals surface area (Å²) in [6.07, 6.45) is 1.86. The van der Waals surface area contributed by atoms with Gasteiger partial charge in [-0.2, -0.15) is 0 Å². The zero-order valence-corrected chi connectivity index (χ0v) is 18.0. The molecule has 1 aliphatic heterocycles. The summed E-state index contributed by atoms with van der Waals surface area (Å²) < 4.78 is 0. The highest BCUT2D eigenvalue weighted by atomic mass is 16.2. The standard InChI is InChI=1S/C26H28N4O2/c31-25(17-24-26(32)28-15-16-30(24)19-22-13-7-8-14-27-22)29-18-23(20-9-3-1-4-10-20)21-11-5-2-6-12-21/h1-14,23-24H,15-19H2,(H,28,32)(H,29,31)/t24-/m1/s1. The van der Waals surface area contributed by atoms with E-state index in [4.69, 9.17) is 0 Å². The monoisotopic (exact) mass is 428 g/mol. The van der Waals surface area contributed by atoms with Crippen molar-refractivity contribution in [3.8, 4) is 0 Å². The van der Waals surface area contributed by atoms with Crippen LogP contribution in [0.4, 0.5) is 0 Å². The topological polar surface area (TPSA) is 74.3 Å². The lowest BCUT2D eigenvalue weighted by atomic mass is 9.91. The van der Waals surface area contributed by atoms with Crippen molar-refractivity contribution in [2.75, 3.05) is 19.6 Å². The Morgan fingerprint density at radius 1 is 1.00 bits per heavy atom. The second-order valence-electron chi connectivity index (χ2n) is 7.98. The lowest BCUT2D eigenvalue weighted by Gasteiger charge is -2.34. The lowest BCUT2D eigenvalue weighted by Crippen LogP contribution is -2.56. The molecule has 32 heavy (non-hydrogen) atoms. The predicted molar refractivity (Wildman–Crippen MR) is 124 cm³/mol. The third-order valence-electron chi connectivity index (χ3n) is 5.82. The van der Waals surface area contributed by atoms with Crippen molar-refractivity contribution in [1.29, 1.82) is 0 Å². The fourth-order valence-corrected chi connectivity index (χ4v) is 4.14. The Morgan fingerprint density at radius 3 is 2.28 bits per heavy atom. The maximum Gasteiger partial charge on any atom is 0.237 e. The highest BCUT2D eigenvalue weighted by molar-refractivity contribution is 5.88. The normalized spacial score (nSPS) is 16.5. The minimum Gasteiger partial charge on any atom is -0.355 e. The van der Waals surface area contributed by atoms with E-state index in [-0.39, 0.29) is 24.2 Å². The van der Waals surface area contributed by atoms with Gasteiger partial charge in [0, 0.05) is 38.3 Å². The number of hydrogen-bond donors (Lipinski definition) is 2. The van der Waals surface area contributed by atoms with Gasteiger partial charge in [0.1, 0.15) is 0 Å². The molecular formula is C26H28N4O2. The van der Waals surface area contributed by atoms with Crippen LogP contribution in [-0.4, -0.2) is 47.4 Å². The van der Waals surface area contributed by atoms with Crippen molar-refractivity contribution in [1.82, 2.24) is 20.5 Å². The zero-order valence-electron chi connectivity index (χ0n) is 18.0. The molecule has 4 rings (SSSR count). The molecule has 2 amide bonds. The molecule has 1 aliphatic rings. The van der Waals surface area contributed by atoms with Crippen molar-refractivity contribution in [3.63, 3.8) is 0 Å². The molecule has 0 aliphatic carbocycles. The van der Waals surface area contributed by atoms with Gasteiger partial charge in [-0.3, -0.25) is 19.5 Å². The summed E-state index contributed by atoms with van der Waals surface area (Å²) in [4.78, 5) is 31.8. The van der Waals surface area contributed by atoms with E-state index in [0.717, 1.165) is 16.8 Å². The van der Waals surface area contributed by atoms with Gasteiger partial charge < -0.3 is 10.6 Å². The SMILES string of the molecule is O=C(C[C@@H]1C(=O)NCCN1Cc1ccccn1)NCC(c1ccccc1)c1ccccc1. The highest BCUT2D eigenvalue weighted by Crippen LogP contribution is 2.24. The van der Waals surface area contributed by atoms with Crippen LogP contribution in [0.3, 0.4) is 0 Å². The van der Waals surface area contributed by atoms with E-state index >= 15 is 0 Å². The molecule has 2 N–H and O–H groups in total. The fraction of sp³-hybridized carbons (Fsp3) is 0.269. The van der Waals surface area contributed by atoms with E-state index in [2.05, 4.69) is 39.9 Å². The average Bonchev–Trinajstić information content (AvgIpc) is 2.83. The van der Waals surface area contributed by atoms with E-state index in [9.17, 15) is 9.59 Å². The van der Waals surface area contributed by atoms with Crippen LogP contribution in [0.2, 0.25) is 0 Å². The molecule has 3 aromatic rings. The van der Waals surface area contributed by atoms with Crippen LogP contribution in [-0.2, 0) is 16.1 Å². The molecular weight excluding hydrogens is 400 g/mol. The minimum atomic E-state index is -0.502. The summed E-state index contributed by atoms with van der Waals surface area (Å²) in [5.74, 6) is -0.189. The van der Waals surface area contributed by atoms with Crippen molar-refractivity contribution in [2.24, 2.45) is 0 Å². The molecule has 1 atom stereocenters. The van der Waals surface area contributed by atoms with Crippen LogP contribution in [0, 0.1) is 0 Å². The molecule has 2 heterocycles. The molecule has 6 nitrogen and oxygen atoms in total. The number of carbonyl (C=O) groups is 2. The van der Waals surface area contributed by atoms with Crippen molar-refractivity contribution in [2.45, 2.75) is 24.9 Å². The summed E-state index contributed by atoms with van der Waals surface area (Å²) in [7, 11) is 0. The Hall–Kier alpha value is -3.51. The summed E-state index contributed by atoms with van der Waals surface area (Å²) in [5.41, 5.74) is 3.18. The first-order chi connectivity index (χ1) is 15.7. The second kappa shape index (κ2) is 10.7. The largest absolute Gasteiger partial charge is 0.355 e. The maximum atomic E-state index is 12.9. The molecule has 164 valence electrons. The molecule has 2 aromatic carbocycles. The van der Waals surface area contributed by atoms with Crippen molar-refractivity contribution in [3.05, 3.63) is 102 Å². The van der Waals surface area contributed by atoms with Gasteiger partial charge in [-0.25, -0.2) is 0 Å². The van der Waals surface area contributed by atoms with Crippen LogP contribution >= 0.6 is 0 Å². The van der Waals surface area contributed by atoms with Crippen LogP contribution in [0.25, 0.3) is 0 Å². The van der Waals surface area contributed by atoms with Crippen LogP contribution in [0.5, 0.6) is 0 Å². The van der Waals surface area contributed by atoms with Gasteiger partial charge in [-0.1, -0.05) is 66.7 Å². The van der Waals surface area contributed by atoms with Crippen LogP contribution in [0.15, 0.2) is 85.1 Å². The predicted octanol–water partition coefficient (Wildman–Crippen LogP) is 2.72. The van der Waals surface area contributed by atoms with E-state index in [1.807, 2.05) is 59.5 Å². The summed E-state index contributed by atoms with van der Waals surface area (Å²) >= 11 is 0. The quantitative estimate of drug-likeness (QED) is 0.579. The van der Waals surface area contributed by atoms with Crippen LogP contribution in [0.1, 0.15) is 29.2 Å². The third-order valence-corrected chi connectivity index (χ3v) is 5.82. The Balaban J connectivity index is 1.42. The van der Waals surface area contributed by atoms with Gasteiger partial charge in [0.25, 0.3) is 0 Å². The molecule has 0 unspecified atom stereocenters. The maximum absolute atomic E-state index is 12.9. The number of nitrogens with one attached hydrogen (secondary N) is 2. The molecule has 0 radical (unpaired) electrons. The number of piperazine rings is 1. The summed E-state index contributed by atoms with van der Waals surface area (Å²) in [6, 6.07) is 25.6. The van der Waals surface area contributed by atoms with Crippen molar-refractivity contribution < 1.29 is 9.59 Å². The number of pyridine rings is 1. The number of aromatic nitrogens is 1. The van der Waals surface area contributed by atoms with E-state index in [1.165, 1.54) is 0 Å². The number of rotatable bonds is 8. The first kappa shape index (κ1) is 21.7. The molecule has 0 saturated carbocycles. The summed E-state index contributed by atoms with van der Waals surface area (Å²) in [6.45, 7) is 2.29. The molecule has 6 heteroatoms. The van der Waals surface area contributed by atoms with E-state index in [1.54, 1.807) is 6.20 Å². The van der Waals surface area contributed by atoms with Gasteiger partial charge in [0.15, 0.2) is 0 Å². The Morgan fingerprint density at radius 2 is 1.66 bits per heavy atom. The molecule has 0 spiro atoms. The van der Waals surface area contributed by atoms with Gasteiger partial charge in [-0.15, -0.1) is 0 Å². The number of nitrogens with zero attached hydrogens (tertiary/aromatic N) is 2. The molecule has 1 saturated heterocycles. The number of benzene rings is 2. The van der Waals surface area contributed by atoms with Crippen LogP contribution < -0.4 is 10.6 Å². The smallest absolute Gasteiger partial charge is 0.237 e. The lowest BCUT2D eigenvalue weighted by molar-refractivity contribution is -0.134. The first-order valence-electron chi connectivity index (χ1n) is 11.0. The van der Waals surface area contributed by atoms with Crippen molar-refractivity contribution >= 4 is 11.8 Å². The Kier molecular flexibility index (Phi) is 7.25. The van der Waals surface area contributed by atoms with E-state index in [0.29, 0.717) is 26.2 Å². The molecule has 1 aromatic heterocycles. The highest BCUT2D eigenvalue weighted by Gasteiger charge is 2.32. The Bertz CT molecular complexity index is 972. The number of carbonyl (C=O) groups excluding carboxylic acids is 2. The molecule has 1 fully saturated rings. The minimum absolute atomic E-state index is 0.0474. The molecule has 0 bridgehead atoms. The van der Waals surface area contributed by atoms with E-state index < -0.39 is 6.04 Å².